The number of pyridine rings is 1. The van der Waals surface area contributed by atoms with Gasteiger partial charge in [0.15, 0.2) is 0 Å². The van der Waals surface area contributed by atoms with Crippen LogP contribution in [-0.2, 0) is 13.0 Å². The summed E-state index contributed by atoms with van der Waals surface area (Å²) in [7, 11) is 0. The van der Waals surface area contributed by atoms with Gasteiger partial charge in [-0.3, -0.25) is 14.8 Å². The number of rotatable bonds is 8. The number of unbranched alkanes of at least 4 members (excludes halogenated alkanes) is 1. The van der Waals surface area contributed by atoms with Gasteiger partial charge in [0.1, 0.15) is 0 Å². The van der Waals surface area contributed by atoms with Gasteiger partial charge in [0.25, 0.3) is 0 Å². The van der Waals surface area contributed by atoms with E-state index in [-0.39, 0.29) is 0 Å². The molecule has 6 nitrogen and oxygen atoms in total. The third-order valence-corrected chi connectivity index (χ3v) is 8.80. The van der Waals surface area contributed by atoms with Crippen LogP contribution in [0.2, 0.25) is 0 Å². The number of nitrogens with one attached hydrogen (secondary N) is 1. The first-order valence-electron chi connectivity index (χ1n) is 15.1. The van der Waals surface area contributed by atoms with Crippen LogP contribution < -0.4 is 5.32 Å². The van der Waals surface area contributed by atoms with E-state index in [1.54, 1.807) is 0 Å². The molecule has 3 aliphatic rings. The van der Waals surface area contributed by atoms with Gasteiger partial charge in [-0.2, -0.15) is 0 Å². The lowest BCUT2D eigenvalue weighted by Crippen LogP contribution is -2.41. The summed E-state index contributed by atoms with van der Waals surface area (Å²) in [4.78, 5) is 15.3. The molecule has 4 heterocycles. The van der Waals surface area contributed by atoms with Gasteiger partial charge in [0.2, 0.25) is 0 Å². The molecule has 2 aromatic rings. The monoisotopic (exact) mass is 504 g/mol. The van der Waals surface area contributed by atoms with Crippen molar-refractivity contribution in [3.05, 3.63) is 60.0 Å². The highest BCUT2D eigenvalue weighted by molar-refractivity contribution is 5.27. The van der Waals surface area contributed by atoms with Crippen LogP contribution in [0.25, 0.3) is 0 Å². The van der Waals surface area contributed by atoms with Gasteiger partial charge >= 0.3 is 0 Å². The van der Waals surface area contributed by atoms with Crippen molar-refractivity contribution >= 4 is 0 Å². The minimum absolute atomic E-state index is 0.400. The highest BCUT2D eigenvalue weighted by atomic mass is 15.3. The largest absolute Gasteiger partial charge is 0.321 e. The van der Waals surface area contributed by atoms with Crippen molar-refractivity contribution < 1.29 is 0 Å². The molecule has 6 heteroatoms. The predicted molar refractivity (Wildman–Crippen MR) is 151 cm³/mol. The quantitative estimate of drug-likeness (QED) is 0.359. The van der Waals surface area contributed by atoms with Crippen LogP contribution in [0.5, 0.6) is 0 Å². The number of likely N-dealkylation sites (tertiary alicyclic amines) is 1. The SMILES string of the molecule is C/C=C\CCCC(N1CCCCCNCCC1)n1cnc(CN2CCC[C@H]3CCc4cccnc4[C@H]32)c1. The number of aryl methyl sites for hydroxylation is 1. The molecule has 0 saturated carbocycles. The molecule has 5 rings (SSSR count). The van der Waals surface area contributed by atoms with Gasteiger partial charge in [-0.15, -0.1) is 0 Å². The lowest BCUT2D eigenvalue weighted by atomic mass is 9.77. The fourth-order valence-electron chi connectivity index (χ4n) is 6.92. The Hall–Kier alpha value is -2.02. The number of allylic oxidation sites excluding steroid dienone is 2. The van der Waals surface area contributed by atoms with Crippen LogP contribution >= 0.6 is 0 Å². The fourth-order valence-corrected chi connectivity index (χ4v) is 6.92. The van der Waals surface area contributed by atoms with Crippen LogP contribution in [0.3, 0.4) is 0 Å². The summed E-state index contributed by atoms with van der Waals surface area (Å²) in [5.41, 5.74) is 4.01. The molecule has 1 unspecified atom stereocenters. The Labute approximate surface area is 224 Å². The van der Waals surface area contributed by atoms with E-state index in [4.69, 9.17) is 9.97 Å². The zero-order valence-corrected chi connectivity index (χ0v) is 23.0. The van der Waals surface area contributed by atoms with Crippen molar-refractivity contribution in [1.29, 1.82) is 0 Å². The average molecular weight is 505 g/mol. The lowest BCUT2D eigenvalue weighted by molar-refractivity contribution is 0.0684. The number of nitrogens with zero attached hydrogens (tertiary/aromatic N) is 5. The molecule has 0 aromatic carbocycles. The average Bonchev–Trinajstić information content (AvgIpc) is 3.40. The van der Waals surface area contributed by atoms with Crippen molar-refractivity contribution in [3.8, 4) is 0 Å². The minimum Gasteiger partial charge on any atom is -0.321 e. The van der Waals surface area contributed by atoms with Crippen LogP contribution in [0.15, 0.2) is 43.0 Å². The third kappa shape index (κ3) is 6.90. The molecular weight excluding hydrogens is 456 g/mol. The third-order valence-electron chi connectivity index (χ3n) is 8.80. The van der Waals surface area contributed by atoms with Crippen LogP contribution in [-0.4, -0.2) is 57.1 Å². The molecule has 0 radical (unpaired) electrons. The summed E-state index contributed by atoms with van der Waals surface area (Å²) in [5.74, 6) is 0.736. The van der Waals surface area contributed by atoms with Gasteiger partial charge < -0.3 is 9.88 Å². The van der Waals surface area contributed by atoms with Gasteiger partial charge in [0.05, 0.1) is 29.9 Å². The molecule has 202 valence electrons. The van der Waals surface area contributed by atoms with E-state index in [1.165, 1.54) is 94.2 Å². The van der Waals surface area contributed by atoms with Crippen LogP contribution in [0.1, 0.15) is 100 Å². The molecule has 0 spiro atoms. The Bertz CT molecular complexity index is 974. The second-order valence-corrected chi connectivity index (χ2v) is 11.4. The molecule has 0 amide bonds. The van der Waals surface area contributed by atoms with E-state index in [1.807, 2.05) is 6.20 Å². The summed E-state index contributed by atoms with van der Waals surface area (Å²) in [6.45, 7) is 8.87. The highest BCUT2D eigenvalue weighted by Gasteiger charge is 2.37. The van der Waals surface area contributed by atoms with E-state index in [0.29, 0.717) is 12.2 Å². The molecule has 2 aliphatic heterocycles. The predicted octanol–water partition coefficient (Wildman–Crippen LogP) is 5.89. The van der Waals surface area contributed by atoms with Gasteiger partial charge in [-0.25, -0.2) is 4.98 Å². The van der Waals surface area contributed by atoms with Gasteiger partial charge in [-0.05, 0) is 108 Å². The molecule has 2 aromatic heterocycles. The topological polar surface area (TPSA) is 49.2 Å². The van der Waals surface area contributed by atoms with Crippen molar-refractivity contribution in [2.75, 3.05) is 32.7 Å². The van der Waals surface area contributed by atoms with Crippen molar-refractivity contribution in [2.24, 2.45) is 5.92 Å². The Morgan fingerprint density at radius 1 is 1.05 bits per heavy atom. The van der Waals surface area contributed by atoms with Gasteiger partial charge in [-0.1, -0.05) is 24.6 Å². The summed E-state index contributed by atoms with van der Waals surface area (Å²) < 4.78 is 2.44. The number of hydrogen-bond donors (Lipinski definition) is 1. The molecule has 1 aliphatic carbocycles. The first-order chi connectivity index (χ1) is 18.3. The molecule has 37 heavy (non-hydrogen) atoms. The summed E-state index contributed by atoms with van der Waals surface area (Å²) in [6, 6.07) is 4.85. The number of fused-ring (bicyclic) bond motifs is 3. The zero-order valence-electron chi connectivity index (χ0n) is 23.0. The minimum atomic E-state index is 0.400. The second-order valence-electron chi connectivity index (χ2n) is 11.4. The summed E-state index contributed by atoms with van der Waals surface area (Å²) in [6.07, 6.45) is 25.2. The second kappa shape index (κ2) is 13.7. The number of hydrogen-bond acceptors (Lipinski definition) is 5. The number of aromatic nitrogens is 3. The number of piperidine rings is 1. The van der Waals surface area contributed by atoms with Crippen molar-refractivity contribution in [1.82, 2.24) is 29.7 Å². The Kier molecular flexibility index (Phi) is 9.83. The maximum Gasteiger partial charge on any atom is 0.0963 e. The normalized spacial score (nSPS) is 25.0. The van der Waals surface area contributed by atoms with Crippen molar-refractivity contribution in [3.63, 3.8) is 0 Å². The maximum atomic E-state index is 4.99. The van der Waals surface area contributed by atoms with E-state index >= 15 is 0 Å². The van der Waals surface area contributed by atoms with E-state index in [2.05, 4.69) is 63.4 Å². The first kappa shape index (κ1) is 26.6. The smallest absolute Gasteiger partial charge is 0.0963 e. The molecule has 2 saturated heterocycles. The van der Waals surface area contributed by atoms with E-state index in [9.17, 15) is 0 Å². The van der Waals surface area contributed by atoms with E-state index in [0.717, 1.165) is 38.5 Å². The van der Waals surface area contributed by atoms with Crippen molar-refractivity contribution in [2.45, 2.75) is 96.3 Å². The van der Waals surface area contributed by atoms with Gasteiger partial charge in [0, 0.05) is 32.0 Å². The molecule has 0 bridgehead atoms. The Morgan fingerprint density at radius 2 is 1.97 bits per heavy atom. The molecule has 3 atom stereocenters. The van der Waals surface area contributed by atoms with Crippen LogP contribution in [0, 0.1) is 5.92 Å². The van der Waals surface area contributed by atoms with E-state index < -0.39 is 0 Å². The highest BCUT2D eigenvalue weighted by Crippen LogP contribution is 2.43. The summed E-state index contributed by atoms with van der Waals surface area (Å²) >= 11 is 0. The molecule has 1 N–H and O–H groups in total. The molecular formula is C31H48N6. The Morgan fingerprint density at radius 3 is 2.92 bits per heavy atom. The first-order valence-corrected chi connectivity index (χ1v) is 15.1. The summed E-state index contributed by atoms with van der Waals surface area (Å²) in [5, 5.41) is 3.63. The number of imidazole rings is 1. The lowest BCUT2D eigenvalue weighted by Gasteiger charge is -2.44. The maximum absolute atomic E-state index is 4.99. The van der Waals surface area contributed by atoms with Crippen LogP contribution in [0.4, 0.5) is 0 Å². The standard InChI is InChI=1S/C31H48N6/c1-2-3-4-6-14-29(35-20-8-5-7-17-32-18-11-22-35)37-24-28(34-25-37)23-36-21-10-13-27-16-15-26-12-9-19-33-30(26)31(27)36/h2-3,9,12,19,24-25,27,29,31-32H,4-8,10-11,13-18,20-23H2,1H3/b3-2-/t27-,29?,31-/m0/s1. The molecule has 2 fully saturated rings. The Balaban J connectivity index is 1.31. The fraction of sp³-hybridized carbons (Fsp3) is 0.677. The zero-order chi connectivity index (χ0) is 25.3.